The van der Waals surface area contributed by atoms with E-state index in [1.165, 1.54) is 18.2 Å². The van der Waals surface area contributed by atoms with Gasteiger partial charge < -0.3 is 5.32 Å². The van der Waals surface area contributed by atoms with E-state index in [4.69, 9.17) is 0 Å². The number of halogens is 4. The molecular weight excluding hydrogens is 238 g/mol. The van der Waals surface area contributed by atoms with Gasteiger partial charge in [0.2, 0.25) is 5.91 Å². The van der Waals surface area contributed by atoms with Gasteiger partial charge in [-0.15, -0.1) is 0 Å². The molecular formula is C11H11F4NO. The summed E-state index contributed by atoms with van der Waals surface area (Å²) >= 11 is 0. The van der Waals surface area contributed by atoms with Crippen molar-refractivity contribution in [3.05, 3.63) is 35.6 Å². The second-order valence-corrected chi connectivity index (χ2v) is 3.52. The Morgan fingerprint density at radius 3 is 2.59 bits per heavy atom. The van der Waals surface area contributed by atoms with Crippen molar-refractivity contribution in [2.45, 2.75) is 19.0 Å². The first kappa shape index (κ1) is 13.5. The highest BCUT2D eigenvalue weighted by Crippen LogP contribution is 2.18. The molecule has 0 spiro atoms. The van der Waals surface area contributed by atoms with Crippen LogP contribution in [0.2, 0.25) is 0 Å². The Bertz CT molecular complexity index is 389. The van der Waals surface area contributed by atoms with Crippen molar-refractivity contribution in [2.75, 3.05) is 6.54 Å². The van der Waals surface area contributed by atoms with Crippen LogP contribution in [0.25, 0.3) is 0 Å². The van der Waals surface area contributed by atoms with Crippen molar-refractivity contribution < 1.29 is 22.4 Å². The highest BCUT2D eigenvalue weighted by atomic mass is 19.4. The van der Waals surface area contributed by atoms with Gasteiger partial charge >= 0.3 is 6.18 Å². The molecule has 0 fully saturated rings. The molecule has 6 heteroatoms. The van der Waals surface area contributed by atoms with E-state index >= 15 is 0 Å². The molecule has 0 aliphatic carbocycles. The SMILES string of the molecule is O=C(CC(F)(F)F)NCCc1cccc(F)c1. The molecule has 0 saturated heterocycles. The van der Waals surface area contributed by atoms with Gasteiger partial charge in [-0.2, -0.15) is 13.2 Å². The Morgan fingerprint density at radius 1 is 1.29 bits per heavy atom. The van der Waals surface area contributed by atoms with Gasteiger partial charge in [-0.1, -0.05) is 12.1 Å². The summed E-state index contributed by atoms with van der Waals surface area (Å²) in [5.74, 6) is -1.49. The lowest BCUT2D eigenvalue weighted by Gasteiger charge is -2.07. The van der Waals surface area contributed by atoms with E-state index in [1.807, 2.05) is 0 Å². The number of alkyl halides is 3. The fraction of sp³-hybridized carbons (Fsp3) is 0.364. The first-order valence-corrected chi connectivity index (χ1v) is 4.95. The molecule has 0 bridgehead atoms. The number of nitrogens with one attached hydrogen (secondary N) is 1. The van der Waals surface area contributed by atoms with Gasteiger partial charge in [-0.25, -0.2) is 4.39 Å². The zero-order valence-electron chi connectivity index (χ0n) is 8.85. The largest absolute Gasteiger partial charge is 0.397 e. The number of carbonyl (C=O) groups is 1. The Hall–Kier alpha value is -1.59. The second kappa shape index (κ2) is 5.65. The number of hydrogen-bond donors (Lipinski definition) is 1. The molecule has 0 saturated carbocycles. The number of benzene rings is 1. The highest BCUT2D eigenvalue weighted by molar-refractivity contribution is 5.76. The maximum atomic E-state index is 12.7. The Morgan fingerprint density at radius 2 is 2.00 bits per heavy atom. The molecule has 0 heterocycles. The average Bonchev–Trinajstić information content (AvgIpc) is 2.14. The van der Waals surface area contributed by atoms with E-state index in [-0.39, 0.29) is 6.54 Å². The minimum Gasteiger partial charge on any atom is -0.355 e. The van der Waals surface area contributed by atoms with Crippen LogP contribution < -0.4 is 5.32 Å². The lowest BCUT2D eigenvalue weighted by atomic mass is 10.1. The van der Waals surface area contributed by atoms with E-state index in [2.05, 4.69) is 5.32 Å². The molecule has 0 aliphatic rings. The van der Waals surface area contributed by atoms with Crippen molar-refractivity contribution >= 4 is 5.91 Å². The molecule has 17 heavy (non-hydrogen) atoms. The Balaban J connectivity index is 2.31. The lowest BCUT2D eigenvalue weighted by Crippen LogP contribution is -2.30. The molecule has 1 aromatic rings. The molecule has 0 aromatic heterocycles. The predicted molar refractivity (Wildman–Crippen MR) is 53.8 cm³/mol. The van der Waals surface area contributed by atoms with E-state index in [0.29, 0.717) is 12.0 Å². The van der Waals surface area contributed by atoms with E-state index in [9.17, 15) is 22.4 Å². The summed E-state index contributed by atoms with van der Waals surface area (Å²) in [6.07, 6.45) is -5.69. The van der Waals surface area contributed by atoms with Crippen LogP contribution >= 0.6 is 0 Å². The summed E-state index contributed by atoms with van der Waals surface area (Å²) in [7, 11) is 0. The van der Waals surface area contributed by atoms with Crippen LogP contribution in [-0.2, 0) is 11.2 Å². The van der Waals surface area contributed by atoms with Crippen LogP contribution in [0.3, 0.4) is 0 Å². The molecule has 0 radical (unpaired) electrons. The second-order valence-electron chi connectivity index (χ2n) is 3.52. The molecule has 94 valence electrons. The standard InChI is InChI=1S/C11H11F4NO/c12-9-3-1-2-8(6-9)4-5-16-10(17)7-11(13,14)15/h1-3,6H,4-5,7H2,(H,16,17). The van der Waals surface area contributed by atoms with Gasteiger partial charge in [0, 0.05) is 6.54 Å². The van der Waals surface area contributed by atoms with E-state index in [1.54, 1.807) is 6.07 Å². The fourth-order valence-corrected chi connectivity index (χ4v) is 1.28. The molecule has 1 N–H and O–H groups in total. The summed E-state index contributed by atoms with van der Waals surface area (Å²) in [6, 6.07) is 5.68. The topological polar surface area (TPSA) is 29.1 Å². The summed E-state index contributed by atoms with van der Waals surface area (Å²) in [5, 5.41) is 2.13. The average molecular weight is 249 g/mol. The van der Waals surface area contributed by atoms with Crippen molar-refractivity contribution in [2.24, 2.45) is 0 Å². The van der Waals surface area contributed by atoms with Crippen molar-refractivity contribution in [3.63, 3.8) is 0 Å². The van der Waals surface area contributed by atoms with Crippen LogP contribution in [-0.4, -0.2) is 18.6 Å². The lowest BCUT2D eigenvalue weighted by molar-refractivity contribution is -0.153. The first-order valence-electron chi connectivity index (χ1n) is 4.95. The molecule has 1 aromatic carbocycles. The third kappa shape index (κ3) is 5.89. The monoisotopic (exact) mass is 249 g/mol. The van der Waals surface area contributed by atoms with Gasteiger partial charge in [0.05, 0.1) is 0 Å². The smallest absolute Gasteiger partial charge is 0.355 e. The van der Waals surface area contributed by atoms with Crippen molar-refractivity contribution in [1.82, 2.24) is 5.32 Å². The molecule has 0 aliphatic heterocycles. The predicted octanol–water partition coefficient (Wildman–Crippen LogP) is 2.44. The Labute approximate surface area is 95.6 Å². The van der Waals surface area contributed by atoms with Crippen molar-refractivity contribution in [3.8, 4) is 0 Å². The van der Waals surface area contributed by atoms with Gasteiger partial charge in [-0.05, 0) is 24.1 Å². The van der Waals surface area contributed by atoms with Gasteiger partial charge in [0.15, 0.2) is 0 Å². The van der Waals surface area contributed by atoms with Gasteiger partial charge in [-0.3, -0.25) is 4.79 Å². The minimum atomic E-state index is -4.50. The third-order valence-corrected chi connectivity index (χ3v) is 1.99. The Kier molecular flexibility index (Phi) is 4.48. The normalized spacial score (nSPS) is 11.3. The highest BCUT2D eigenvalue weighted by Gasteiger charge is 2.30. The van der Waals surface area contributed by atoms with Crippen LogP contribution in [0.5, 0.6) is 0 Å². The van der Waals surface area contributed by atoms with Crippen LogP contribution in [0.1, 0.15) is 12.0 Å². The number of amides is 1. The third-order valence-electron chi connectivity index (χ3n) is 1.99. The molecule has 0 atom stereocenters. The van der Waals surface area contributed by atoms with Crippen LogP contribution in [0, 0.1) is 5.82 Å². The van der Waals surface area contributed by atoms with E-state index in [0.717, 1.165) is 0 Å². The van der Waals surface area contributed by atoms with Crippen LogP contribution in [0.4, 0.5) is 17.6 Å². The first-order chi connectivity index (χ1) is 7.87. The fourth-order valence-electron chi connectivity index (χ4n) is 1.28. The van der Waals surface area contributed by atoms with Gasteiger partial charge in [0.25, 0.3) is 0 Å². The number of rotatable bonds is 4. The van der Waals surface area contributed by atoms with Crippen molar-refractivity contribution in [1.29, 1.82) is 0 Å². The molecule has 0 unspecified atom stereocenters. The minimum absolute atomic E-state index is 0.0539. The summed E-state index contributed by atoms with van der Waals surface area (Å²) in [6.45, 7) is 0.0539. The zero-order valence-corrected chi connectivity index (χ0v) is 8.85. The van der Waals surface area contributed by atoms with E-state index < -0.39 is 24.3 Å². The maximum absolute atomic E-state index is 12.7. The maximum Gasteiger partial charge on any atom is 0.397 e. The number of carbonyl (C=O) groups excluding carboxylic acids is 1. The summed E-state index contributed by atoms with van der Waals surface area (Å²) < 4.78 is 48.1. The zero-order chi connectivity index (χ0) is 12.9. The summed E-state index contributed by atoms with van der Waals surface area (Å²) in [4.78, 5) is 10.8. The molecule has 2 nitrogen and oxygen atoms in total. The van der Waals surface area contributed by atoms with Crippen LogP contribution in [0.15, 0.2) is 24.3 Å². The summed E-state index contributed by atoms with van der Waals surface area (Å²) in [5.41, 5.74) is 0.623. The molecule has 1 amide bonds. The quantitative estimate of drug-likeness (QED) is 0.816. The van der Waals surface area contributed by atoms with Gasteiger partial charge in [0.1, 0.15) is 12.2 Å². The number of hydrogen-bond acceptors (Lipinski definition) is 1. The molecule has 1 rings (SSSR count).